The number of carbonyl (C=O) groups excluding carboxylic acids is 1. The maximum atomic E-state index is 12.5. The zero-order chi connectivity index (χ0) is 17.9. The van der Waals surface area contributed by atoms with Gasteiger partial charge in [-0.05, 0) is 50.2 Å². The van der Waals surface area contributed by atoms with Crippen LogP contribution in [0.4, 0.5) is 0 Å². The van der Waals surface area contributed by atoms with Crippen LogP contribution in [0.5, 0.6) is 0 Å². The van der Waals surface area contributed by atoms with Crippen molar-refractivity contribution in [1.82, 2.24) is 14.5 Å². The lowest BCUT2D eigenvalue weighted by Crippen LogP contribution is -2.45. The van der Waals surface area contributed by atoms with Crippen LogP contribution in [-0.2, 0) is 14.8 Å². The zero-order valence-electron chi connectivity index (χ0n) is 14.7. The lowest BCUT2D eigenvalue weighted by Gasteiger charge is -2.30. The number of nitrogens with zero attached hydrogens (tertiary/aromatic N) is 2. The number of piperidine rings is 1. The normalized spacial score (nSPS) is 23.8. The Labute approximate surface area is 154 Å². The van der Waals surface area contributed by atoms with Gasteiger partial charge in [0.2, 0.25) is 5.91 Å². The minimum absolute atomic E-state index is 0.0775. The molecule has 0 spiro atoms. The number of likely N-dealkylation sites (N-methyl/N-ethyl adjacent to an activating group) is 1. The van der Waals surface area contributed by atoms with E-state index >= 15 is 0 Å². The molecule has 0 aromatic carbocycles. The first-order valence-corrected chi connectivity index (χ1v) is 11.4. The summed E-state index contributed by atoms with van der Waals surface area (Å²) < 4.78 is 26.9. The van der Waals surface area contributed by atoms with Crippen LogP contribution in [0.2, 0.25) is 0 Å². The molecule has 1 aromatic heterocycles. The zero-order valence-corrected chi connectivity index (χ0v) is 16.3. The third-order valence-electron chi connectivity index (χ3n) is 5.33. The van der Waals surface area contributed by atoms with Crippen LogP contribution >= 0.6 is 11.3 Å². The van der Waals surface area contributed by atoms with Crippen molar-refractivity contribution in [3.05, 3.63) is 17.5 Å². The maximum absolute atomic E-state index is 12.5. The quantitative estimate of drug-likeness (QED) is 0.810. The number of hydrogen-bond donors (Lipinski definition) is 1. The number of amides is 1. The van der Waals surface area contributed by atoms with Crippen LogP contribution in [-0.4, -0.2) is 62.3 Å². The molecule has 1 aromatic rings. The molecule has 0 bridgehead atoms. The Balaban J connectivity index is 1.48. The molecule has 1 amide bonds. The van der Waals surface area contributed by atoms with Crippen LogP contribution in [0, 0.1) is 5.92 Å². The Kier molecular flexibility index (Phi) is 6.14. The van der Waals surface area contributed by atoms with Gasteiger partial charge in [0.15, 0.2) is 0 Å². The van der Waals surface area contributed by atoms with E-state index in [2.05, 4.69) is 17.1 Å². The second kappa shape index (κ2) is 8.16. The first-order valence-electron chi connectivity index (χ1n) is 9.07. The van der Waals surface area contributed by atoms with E-state index in [4.69, 9.17) is 0 Å². The lowest BCUT2D eigenvalue weighted by atomic mass is 9.97. The average Bonchev–Trinajstić information content (AvgIpc) is 3.31. The molecule has 2 aliphatic heterocycles. The summed E-state index contributed by atoms with van der Waals surface area (Å²) in [5.74, 6) is 0.00221. The van der Waals surface area contributed by atoms with Crippen LogP contribution < -0.4 is 5.32 Å². The van der Waals surface area contributed by atoms with Gasteiger partial charge in [0.05, 0.1) is 0 Å². The molecule has 6 nitrogen and oxygen atoms in total. The Hall–Kier alpha value is -0.960. The standard InChI is InChI=1S/C17H27N3O3S2/c1-2-19-9-3-5-15(19)13-18-17(21)14-7-10-20(11-8-14)25(22,23)16-6-4-12-24-16/h4,6,12,14-15H,2-3,5,7-11,13H2,1H3,(H,18,21)/t15-/m0/s1. The molecule has 2 saturated heterocycles. The first-order chi connectivity index (χ1) is 12.0. The molecular weight excluding hydrogens is 358 g/mol. The van der Waals surface area contributed by atoms with Crippen molar-refractivity contribution >= 4 is 27.3 Å². The fraction of sp³-hybridized carbons (Fsp3) is 0.706. The van der Waals surface area contributed by atoms with E-state index in [1.165, 1.54) is 22.1 Å². The predicted molar refractivity (Wildman–Crippen MR) is 99.1 cm³/mol. The second-order valence-corrected chi connectivity index (χ2v) is 9.89. The van der Waals surface area contributed by atoms with Gasteiger partial charge >= 0.3 is 0 Å². The van der Waals surface area contributed by atoms with Crippen molar-refractivity contribution in [2.75, 3.05) is 32.7 Å². The number of carbonyl (C=O) groups is 1. The van der Waals surface area contributed by atoms with Crippen molar-refractivity contribution in [3.63, 3.8) is 0 Å². The number of nitrogens with one attached hydrogen (secondary N) is 1. The summed E-state index contributed by atoms with van der Waals surface area (Å²) in [4.78, 5) is 14.9. The van der Waals surface area contributed by atoms with Crippen LogP contribution in [0.3, 0.4) is 0 Å². The molecule has 25 heavy (non-hydrogen) atoms. The third kappa shape index (κ3) is 4.24. The van der Waals surface area contributed by atoms with Gasteiger partial charge in [0, 0.05) is 31.6 Å². The third-order valence-corrected chi connectivity index (χ3v) is 8.60. The molecule has 3 rings (SSSR count). The van der Waals surface area contributed by atoms with Gasteiger partial charge in [-0.15, -0.1) is 11.3 Å². The Bertz CT molecular complexity index is 667. The van der Waals surface area contributed by atoms with Gasteiger partial charge in [-0.25, -0.2) is 8.42 Å². The van der Waals surface area contributed by atoms with Crippen LogP contribution in [0.15, 0.2) is 21.7 Å². The molecule has 140 valence electrons. The molecule has 0 saturated carbocycles. The van der Waals surface area contributed by atoms with Crippen molar-refractivity contribution in [2.45, 2.75) is 42.9 Å². The molecule has 0 radical (unpaired) electrons. The van der Waals surface area contributed by atoms with E-state index in [1.807, 2.05) is 0 Å². The highest BCUT2D eigenvalue weighted by Crippen LogP contribution is 2.26. The predicted octanol–water partition coefficient (Wildman–Crippen LogP) is 1.75. The monoisotopic (exact) mass is 385 g/mol. The summed E-state index contributed by atoms with van der Waals surface area (Å²) in [6.07, 6.45) is 3.54. The molecule has 2 aliphatic rings. The fourth-order valence-corrected chi connectivity index (χ4v) is 6.42. The van der Waals surface area contributed by atoms with E-state index < -0.39 is 10.0 Å². The number of hydrogen-bond acceptors (Lipinski definition) is 5. The van der Waals surface area contributed by atoms with E-state index in [0.29, 0.717) is 42.7 Å². The number of thiophene rings is 1. The van der Waals surface area contributed by atoms with Gasteiger partial charge < -0.3 is 5.32 Å². The minimum atomic E-state index is -3.39. The number of likely N-dealkylation sites (tertiary alicyclic amines) is 1. The van der Waals surface area contributed by atoms with Gasteiger partial charge in [0.25, 0.3) is 10.0 Å². The Morgan fingerprint density at radius 1 is 1.28 bits per heavy atom. The summed E-state index contributed by atoms with van der Waals surface area (Å²) >= 11 is 1.24. The Morgan fingerprint density at radius 2 is 2.04 bits per heavy atom. The largest absolute Gasteiger partial charge is 0.354 e. The highest BCUT2D eigenvalue weighted by Gasteiger charge is 2.33. The van der Waals surface area contributed by atoms with E-state index in [0.717, 1.165) is 19.5 Å². The minimum Gasteiger partial charge on any atom is -0.354 e. The smallest absolute Gasteiger partial charge is 0.252 e. The first kappa shape index (κ1) is 18.8. The summed E-state index contributed by atoms with van der Waals surface area (Å²) in [6.45, 7) is 5.85. The number of rotatable bonds is 6. The van der Waals surface area contributed by atoms with Crippen LogP contribution in [0.25, 0.3) is 0 Å². The van der Waals surface area contributed by atoms with E-state index in [-0.39, 0.29) is 11.8 Å². The topological polar surface area (TPSA) is 69.7 Å². The molecule has 3 heterocycles. The van der Waals surface area contributed by atoms with Crippen molar-refractivity contribution in [3.8, 4) is 0 Å². The maximum Gasteiger partial charge on any atom is 0.252 e. The molecular formula is C17H27N3O3S2. The van der Waals surface area contributed by atoms with E-state index in [9.17, 15) is 13.2 Å². The molecule has 1 N–H and O–H groups in total. The lowest BCUT2D eigenvalue weighted by molar-refractivity contribution is -0.126. The Morgan fingerprint density at radius 3 is 2.68 bits per heavy atom. The summed E-state index contributed by atoms with van der Waals surface area (Å²) in [5, 5.41) is 4.87. The molecule has 0 unspecified atom stereocenters. The fourth-order valence-electron chi connectivity index (χ4n) is 3.80. The van der Waals surface area contributed by atoms with Crippen molar-refractivity contribution < 1.29 is 13.2 Å². The van der Waals surface area contributed by atoms with Gasteiger partial charge in [-0.3, -0.25) is 9.69 Å². The average molecular weight is 386 g/mol. The van der Waals surface area contributed by atoms with Crippen LogP contribution in [0.1, 0.15) is 32.6 Å². The molecule has 2 fully saturated rings. The van der Waals surface area contributed by atoms with Gasteiger partial charge in [0.1, 0.15) is 4.21 Å². The van der Waals surface area contributed by atoms with Gasteiger partial charge in [-0.1, -0.05) is 13.0 Å². The number of sulfonamides is 1. The van der Waals surface area contributed by atoms with Crippen molar-refractivity contribution in [1.29, 1.82) is 0 Å². The summed E-state index contributed by atoms with van der Waals surface area (Å²) in [5.41, 5.74) is 0. The highest BCUT2D eigenvalue weighted by atomic mass is 32.2. The van der Waals surface area contributed by atoms with Crippen molar-refractivity contribution in [2.24, 2.45) is 5.92 Å². The van der Waals surface area contributed by atoms with Gasteiger partial charge in [-0.2, -0.15) is 4.31 Å². The van der Waals surface area contributed by atoms with E-state index in [1.54, 1.807) is 17.5 Å². The SMILES string of the molecule is CCN1CCC[C@H]1CNC(=O)C1CCN(S(=O)(=O)c2cccs2)CC1. The summed E-state index contributed by atoms with van der Waals surface area (Å²) in [6, 6.07) is 3.84. The molecule has 0 aliphatic carbocycles. The highest BCUT2D eigenvalue weighted by molar-refractivity contribution is 7.91. The molecule has 1 atom stereocenters. The molecule has 8 heteroatoms. The second-order valence-electron chi connectivity index (χ2n) is 6.78. The summed E-state index contributed by atoms with van der Waals surface area (Å²) in [7, 11) is -3.39.